The fraction of sp³-hybridized carbons (Fsp3) is 0.750. The first-order valence-electron chi connectivity index (χ1n) is 7.92. The molecule has 0 amide bonds. The molecule has 2 rings (SSSR count). The molecule has 0 atom stereocenters. The quantitative estimate of drug-likeness (QED) is 0.837. The molecule has 1 saturated carbocycles. The van der Waals surface area contributed by atoms with Gasteiger partial charge in [0, 0.05) is 24.5 Å². The number of nitrogen functional groups attached to an aromatic ring is 1. The smallest absolute Gasteiger partial charge is 0.221 e. The van der Waals surface area contributed by atoms with Gasteiger partial charge in [0.25, 0.3) is 0 Å². The maximum atomic E-state index is 5.97. The first-order valence-corrected chi connectivity index (χ1v) is 7.92. The lowest BCUT2D eigenvalue weighted by molar-refractivity contribution is 0.139. The molecule has 1 aliphatic carbocycles. The Bertz CT molecular complexity index is 475. The van der Waals surface area contributed by atoms with Crippen LogP contribution in [0, 0.1) is 6.92 Å². The molecule has 1 aliphatic rings. The van der Waals surface area contributed by atoms with Gasteiger partial charge in [0.15, 0.2) is 0 Å². The van der Waals surface area contributed by atoms with E-state index in [0.717, 1.165) is 30.8 Å². The number of anilines is 1. The Morgan fingerprint density at radius 2 is 1.81 bits per heavy atom. The summed E-state index contributed by atoms with van der Waals surface area (Å²) in [5.74, 6) is 2.53. The summed E-state index contributed by atoms with van der Waals surface area (Å²) in [6.07, 6.45) is 2.33. The molecule has 1 aromatic rings. The highest BCUT2D eigenvalue weighted by Crippen LogP contribution is 2.39. The van der Waals surface area contributed by atoms with Gasteiger partial charge in [0.1, 0.15) is 18.2 Å². The number of ether oxygens (including phenoxy) is 1. The van der Waals surface area contributed by atoms with Crippen molar-refractivity contribution in [3.05, 3.63) is 11.4 Å². The fourth-order valence-corrected chi connectivity index (χ4v) is 2.55. The van der Waals surface area contributed by atoms with Crippen LogP contribution in [0.15, 0.2) is 0 Å². The van der Waals surface area contributed by atoms with Crippen molar-refractivity contribution in [3.63, 3.8) is 0 Å². The number of nitrogens with zero attached hydrogens (tertiary/aromatic N) is 3. The molecule has 5 heteroatoms. The molecule has 0 radical (unpaired) electrons. The second-order valence-corrected chi connectivity index (χ2v) is 6.45. The van der Waals surface area contributed by atoms with Crippen molar-refractivity contribution in [2.45, 2.75) is 65.5 Å². The molecule has 5 nitrogen and oxygen atoms in total. The molecule has 1 fully saturated rings. The van der Waals surface area contributed by atoms with Gasteiger partial charge in [-0.2, -0.15) is 4.98 Å². The summed E-state index contributed by atoms with van der Waals surface area (Å²) < 4.78 is 5.89. The molecule has 0 unspecified atom stereocenters. The third kappa shape index (κ3) is 4.06. The highest BCUT2D eigenvalue weighted by atomic mass is 16.5. The van der Waals surface area contributed by atoms with E-state index in [2.05, 4.69) is 42.6 Å². The van der Waals surface area contributed by atoms with Crippen LogP contribution in [-0.4, -0.2) is 40.1 Å². The van der Waals surface area contributed by atoms with E-state index in [-0.39, 0.29) is 0 Å². The van der Waals surface area contributed by atoms with Crippen LogP contribution in [0.25, 0.3) is 0 Å². The van der Waals surface area contributed by atoms with Gasteiger partial charge in [0.05, 0.1) is 5.56 Å². The Hall–Kier alpha value is -1.36. The van der Waals surface area contributed by atoms with Gasteiger partial charge in [0.2, 0.25) is 5.88 Å². The van der Waals surface area contributed by atoms with Crippen LogP contribution in [0.2, 0.25) is 0 Å². The number of rotatable bonds is 7. The zero-order valence-corrected chi connectivity index (χ0v) is 13.9. The minimum Gasteiger partial charge on any atom is -0.476 e. The van der Waals surface area contributed by atoms with Crippen molar-refractivity contribution < 1.29 is 4.74 Å². The van der Waals surface area contributed by atoms with E-state index >= 15 is 0 Å². The van der Waals surface area contributed by atoms with Crippen LogP contribution in [0.4, 0.5) is 5.82 Å². The first-order chi connectivity index (χ1) is 9.90. The number of nitrogens with two attached hydrogens (primary N) is 1. The molecule has 2 N–H and O–H groups in total. The zero-order chi connectivity index (χ0) is 15.6. The molecular weight excluding hydrogens is 264 g/mol. The predicted octanol–water partition coefficient (Wildman–Crippen LogP) is 2.74. The van der Waals surface area contributed by atoms with E-state index in [0.29, 0.717) is 36.3 Å². The van der Waals surface area contributed by atoms with E-state index in [1.807, 2.05) is 6.92 Å². The Balaban J connectivity index is 1.99. The molecule has 0 spiro atoms. The molecular formula is C16H28N4O. The lowest BCUT2D eigenvalue weighted by Gasteiger charge is -2.30. The second kappa shape index (κ2) is 6.60. The van der Waals surface area contributed by atoms with Gasteiger partial charge in [-0.25, -0.2) is 4.98 Å². The highest BCUT2D eigenvalue weighted by molar-refractivity contribution is 5.45. The van der Waals surface area contributed by atoms with Crippen molar-refractivity contribution >= 4 is 5.82 Å². The van der Waals surface area contributed by atoms with E-state index < -0.39 is 0 Å². The molecule has 0 aliphatic heterocycles. The van der Waals surface area contributed by atoms with E-state index in [9.17, 15) is 0 Å². The van der Waals surface area contributed by atoms with Crippen molar-refractivity contribution in [2.75, 3.05) is 18.9 Å². The summed E-state index contributed by atoms with van der Waals surface area (Å²) >= 11 is 0. The van der Waals surface area contributed by atoms with Gasteiger partial charge in [-0.3, -0.25) is 4.90 Å². The summed E-state index contributed by atoms with van der Waals surface area (Å²) in [4.78, 5) is 11.3. The highest BCUT2D eigenvalue weighted by Gasteiger charge is 2.28. The topological polar surface area (TPSA) is 64.3 Å². The van der Waals surface area contributed by atoms with Crippen LogP contribution in [0.3, 0.4) is 0 Å². The summed E-state index contributed by atoms with van der Waals surface area (Å²) in [7, 11) is 0. The largest absolute Gasteiger partial charge is 0.476 e. The normalized spacial score (nSPS) is 15.2. The minimum absolute atomic E-state index is 0.484. The lowest BCUT2D eigenvalue weighted by Crippen LogP contribution is -2.39. The maximum absolute atomic E-state index is 5.97. The number of hydrogen-bond acceptors (Lipinski definition) is 5. The molecule has 0 saturated heterocycles. The van der Waals surface area contributed by atoms with Crippen LogP contribution in [0.5, 0.6) is 5.88 Å². The monoisotopic (exact) mass is 292 g/mol. The van der Waals surface area contributed by atoms with Gasteiger partial charge in [-0.15, -0.1) is 0 Å². The first kappa shape index (κ1) is 16.0. The van der Waals surface area contributed by atoms with Crippen LogP contribution >= 0.6 is 0 Å². The van der Waals surface area contributed by atoms with E-state index in [1.54, 1.807) is 0 Å². The molecule has 1 aromatic heterocycles. The zero-order valence-electron chi connectivity index (χ0n) is 13.9. The van der Waals surface area contributed by atoms with Crippen LogP contribution < -0.4 is 10.5 Å². The lowest BCUT2D eigenvalue weighted by atomic mass is 10.2. The Morgan fingerprint density at radius 1 is 1.19 bits per heavy atom. The van der Waals surface area contributed by atoms with Crippen molar-refractivity contribution in [1.29, 1.82) is 0 Å². The SMILES string of the molecule is Cc1c(N)nc(C2CC2)nc1OCCN(C(C)C)C(C)C. The van der Waals surface area contributed by atoms with Crippen LogP contribution in [0.1, 0.15) is 57.8 Å². The van der Waals surface area contributed by atoms with Crippen molar-refractivity contribution in [1.82, 2.24) is 14.9 Å². The predicted molar refractivity (Wildman–Crippen MR) is 85.6 cm³/mol. The van der Waals surface area contributed by atoms with Gasteiger partial charge < -0.3 is 10.5 Å². The van der Waals surface area contributed by atoms with Crippen molar-refractivity contribution in [2.24, 2.45) is 0 Å². The number of aromatic nitrogens is 2. The Labute approximate surface area is 127 Å². The molecule has 0 bridgehead atoms. The Morgan fingerprint density at radius 3 is 2.33 bits per heavy atom. The second-order valence-electron chi connectivity index (χ2n) is 6.45. The van der Waals surface area contributed by atoms with Gasteiger partial charge in [-0.05, 0) is 47.5 Å². The van der Waals surface area contributed by atoms with E-state index in [4.69, 9.17) is 10.5 Å². The standard InChI is InChI=1S/C16H28N4O/c1-10(2)20(11(3)4)8-9-21-16-12(5)14(17)18-15(19-16)13-6-7-13/h10-11,13H,6-9H2,1-5H3,(H2,17,18,19). The maximum Gasteiger partial charge on any atom is 0.221 e. The van der Waals surface area contributed by atoms with Crippen LogP contribution in [-0.2, 0) is 0 Å². The Kier molecular flexibility index (Phi) is 5.04. The summed E-state index contributed by atoms with van der Waals surface area (Å²) in [6.45, 7) is 12.3. The minimum atomic E-state index is 0.484. The third-order valence-corrected chi connectivity index (χ3v) is 4.01. The molecule has 21 heavy (non-hydrogen) atoms. The van der Waals surface area contributed by atoms with Gasteiger partial charge in [-0.1, -0.05) is 0 Å². The van der Waals surface area contributed by atoms with E-state index in [1.165, 1.54) is 0 Å². The number of hydrogen-bond donors (Lipinski definition) is 1. The van der Waals surface area contributed by atoms with Crippen molar-refractivity contribution in [3.8, 4) is 5.88 Å². The summed E-state index contributed by atoms with van der Waals surface area (Å²) in [5, 5.41) is 0. The fourth-order valence-electron chi connectivity index (χ4n) is 2.55. The molecule has 1 heterocycles. The average molecular weight is 292 g/mol. The van der Waals surface area contributed by atoms with Gasteiger partial charge >= 0.3 is 0 Å². The summed E-state index contributed by atoms with van der Waals surface area (Å²) in [6, 6.07) is 1.01. The molecule has 0 aromatic carbocycles. The third-order valence-electron chi connectivity index (χ3n) is 4.01. The summed E-state index contributed by atoms with van der Waals surface area (Å²) in [5.41, 5.74) is 6.82. The average Bonchev–Trinajstić information content (AvgIpc) is 3.22. The molecule has 118 valence electrons.